The zero-order chi connectivity index (χ0) is 18.4. The summed E-state index contributed by atoms with van der Waals surface area (Å²) >= 11 is 1.54. The second-order valence-electron chi connectivity index (χ2n) is 7.18. The highest BCUT2D eigenvalue weighted by atomic mass is 32.1. The molecule has 1 saturated heterocycles. The second-order valence-corrected chi connectivity index (χ2v) is 8.27. The molecule has 2 aliphatic rings. The van der Waals surface area contributed by atoms with Crippen molar-refractivity contribution in [2.75, 3.05) is 31.2 Å². The van der Waals surface area contributed by atoms with Crippen LogP contribution in [0.15, 0.2) is 6.20 Å². The number of thiazole rings is 1. The first kappa shape index (κ1) is 19.1. The molecular weight excluding hydrogens is 352 g/mol. The molecule has 1 aromatic rings. The Kier molecular flexibility index (Phi) is 6.85. The van der Waals surface area contributed by atoms with Crippen LogP contribution in [0.1, 0.15) is 43.9 Å². The van der Waals surface area contributed by atoms with Gasteiger partial charge in [-0.3, -0.25) is 9.59 Å². The zero-order valence-corrected chi connectivity index (χ0v) is 16.1. The van der Waals surface area contributed by atoms with Gasteiger partial charge in [-0.25, -0.2) is 4.98 Å². The minimum Gasteiger partial charge on any atom is -0.378 e. The van der Waals surface area contributed by atoms with Crippen LogP contribution in [0.5, 0.6) is 0 Å². The van der Waals surface area contributed by atoms with E-state index in [4.69, 9.17) is 4.74 Å². The van der Waals surface area contributed by atoms with Crippen molar-refractivity contribution in [2.45, 2.75) is 51.6 Å². The van der Waals surface area contributed by atoms with Gasteiger partial charge in [0, 0.05) is 30.2 Å². The van der Waals surface area contributed by atoms with Crippen LogP contribution < -0.4 is 15.5 Å². The third-order valence-electron chi connectivity index (χ3n) is 5.05. The van der Waals surface area contributed by atoms with Gasteiger partial charge >= 0.3 is 11.8 Å². The number of nitrogens with zero attached hydrogens (tertiary/aromatic N) is 2. The molecule has 144 valence electrons. The van der Waals surface area contributed by atoms with Gasteiger partial charge in [0.05, 0.1) is 19.8 Å². The standard InChI is InChI=1S/C18H28N4O3S/c1-13-3-2-4-14(6-5-13)21-17(24)16(23)19-11-15-12-20-18(26-15)22-7-9-25-10-8-22/h12-14H,2-11H2,1H3,(H,19,23)(H,21,24). The van der Waals surface area contributed by atoms with Crippen LogP contribution in [-0.2, 0) is 20.9 Å². The number of morpholine rings is 1. The lowest BCUT2D eigenvalue weighted by atomic mass is 10.0. The minimum atomic E-state index is -0.566. The molecule has 2 atom stereocenters. The summed E-state index contributed by atoms with van der Waals surface area (Å²) in [5.74, 6) is -0.385. The highest BCUT2D eigenvalue weighted by molar-refractivity contribution is 7.15. The maximum atomic E-state index is 12.1. The molecule has 0 aromatic carbocycles. The van der Waals surface area contributed by atoms with E-state index in [0.717, 1.165) is 48.8 Å². The number of rotatable bonds is 4. The summed E-state index contributed by atoms with van der Waals surface area (Å²) in [4.78, 5) is 31.7. The summed E-state index contributed by atoms with van der Waals surface area (Å²) in [5, 5.41) is 6.53. The molecule has 26 heavy (non-hydrogen) atoms. The molecule has 2 fully saturated rings. The Balaban J connectivity index is 1.43. The molecule has 1 saturated carbocycles. The van der Waals surface area contributed by atoms with E-state index in [9.17, 15) is 9.59 Å². The summed E-state index contributed by atoms with van der Waals surface area (Å²) in [6, 6.07) is 0.120. The van der Waals surface area contributed by atoms with Crippen molar-refractivity contribution in [2.24, 2.45) is 5.92 Å². The van der Waals surface area contributed by atoms with Gasteiger partial charge in [-0.15, -0.1) is 11.3 Å². The Hall–Kier alpha value is -1.67. The molecule has 2 N–H and O–H groups in total. The molecule has 0 bridgehead atoms. The molecule has 1 aliphatic heterocycles. The van der Waals surface area contributed by atoms with Crippen LogP contribution in [-0.4, -0.2) is 49.1 Å². The number of carbonyl (C=O) groups excluding carboxylic acids is 2. The molecular formula is C18H28N4O3S. The lowest BCUT2D eigenvalue weighted by Crippen LogP contribution is -2.44. The van der Waals surface area contributed by atoms with Crippen LogP contribution in [0.4, 0.5) is 5.13 Å². The normalized spacial score (nSPS) is 24.0. The van der Waals surface area contributed by atoms with Gasteiger partial charge in [-0.05, 0) is 25.2 Å². The Bertz CT molecular complexity index is 615. The van der Waals surface area contributed by atoms with Crippen molar-refractivity contribution in [1.82, 2.24) is 15.6 Å². The number of hydrogen-bond donors (Lipinski definition) is 2. The predicted molar refractivity (Wildman–Crippen MR) is 101 cm³/mol. The number of anilines is 1. The first-order valence-electron chi connectivity index (χ1n) is 9.48. The molecule has 0 radical (unpaired) electrons. The monoisotopic (exact) mass is 380 g/mol. The third kappa shape index (κ3) is 5.41. The van der Waals surface area contributed by atoms with E-state index in [2.05, 4.69) is 27.4 Å². The largest absolute Gasteiger partial charge is 0.378 e. The van der Waals surface area contributed by atoms with E-state index in [0.29, 0.717) is 25.7 Å². The van der Waals surface area contributed by atoms with Crippen molar-refractivity contribution < 1.29 is 14.3 Å². The van der Waals surface area contributed by atoms with Crippen molar-refractivity contribution in [1.29, 1.82) is 0 Å². The summed E-state index contributed by atoms with van der Waals surface area (Å²) in [7, 11) is 0. The van der Waals surface area contributed by atoms with E-state index in [1.54, 1.807) is 17.5 Å². The third-order valence-corrected chi connectivity index (χ3v) is 6.10. The summed E-state index contributed by atoms with van der Waals surface area (Å²) < 4.78 is 5.34. The average Bonchev–Trinajstić information content (AvgIpc) is 3.04. The number of amides is 2. The van der Waals surface area contributed by atoms with Crippen molar-refractivity contribution in [3.63, 3.8) is 0 Å². The van der Waals surface area contributed by atoms with Gasteiger partial charge in [0.2, 0.25) is 0 Å². The van der Waals surface area contributed by atoms with Gasteiger partial charge < -0.3 is 20.3 Å². The van der Waals surface area contributed by atoms with Crippen molar-refractivity contribution >= 4 is 28.3 Å². The lowest BCUT2D eigenvalue weighted by molar-refractivity contribution is -0.139. The van der Waals surface area contributed by atoms with E-state index in [-0.39, 0.29) is 6.04 Å². The molecule has 2 amide bonds. The van der Waals surface area contributed by atoms with Gasteiger partial charge in [0.25, 0.3) is 0 Å². The van der Waals surface area contributed by atoms with Crippen LogP contribution in [0.3, 0.4) is 0 Å². The molecule has 1 aromatic heterocycles. The molecule has 7 nitrogen and oxygen atoms in total. The number of aromatic nitrogens is 1. The molecule has 8 heteroatoms. The van der Waals surface area contributed by atoms with Gasteiger partial charge in [0.1, 0.15) is 0 Å². The Morgan fingerprint density at radius 2 is 2.04 bits per heavy atom. The average molecular weight is 381 g/mol. The fourth-order valence-electron chi connectivity index (χ4n) is 3.41. The van der Waals surface area contributed by atoms with Gasteiger partial charge in [-0.2, -0.15) is 0 Å². The quantitative estimate of drug-likeness (QED) is 0.613. The van der Waals surface area contributed by atoms with Crippen molar-refractivity contribution in [3.8, 4) is 0 Å². The number of hydrogen-bond acceptors (Lipinski definition) is 6. The van der Waals surface area contributed by atoms with Crippen LogP contribution in [0.25, 0.3) is 0 Å². The zero-order valence-electron chi connectivity index (χ0n) is 15.3. The maximum absolute atomic E-state index is 12.1. The molecule has 1 aliphatic carbocycles. The summed E-state index contributed by atoms with van der Waals surface area (Å²) in [5.41, 5.74) is 0. The first-order chi connectivity index (χ1) is 12.6. The molecule has 2 heterocycles. The van der Waals surface area contributed by atoms with Crippen LogP contribution in [0, 0.1) is 5.92 Å². The van der Waals surface area contributed by atoms with Gasteiger partial charge in [0.15, 0.2) is 5.13 Å². The smallest absolute Gasteiger partial charge is 0.309 e. The minimum absolute atomic E-state index is 0.120. The molecule has 3 rings (SSSR count). The Labute approximate surface area is 158 Å². The van der Waals surface area contributed by atoms with E-state index in [1.807, 2.05) is 0 Å². The number of carbonyl (C=O) groups is 2. The van der Waals surface area contributed by atoms with E-state index < -0.39 is 11.8 Å². The highest BCUT2D eigenvalue weighted by Crippen LogP contribution is 2.24. The Morgan fingerprint density at radius 3 is 2.85 bits per heavy atom. The van der Waals surface area contributed by atoms with Crippen LogP contribution in [0.2, 0.25) is 0 Å². The first-order valence-corrected chi connectivity index (χ1v) is 10.3. The maximum Gasteiger partial charge on any atom is 0.309 e. The predicted octanol–water partition coefficient (Wildman–Crippen LogP) is 1.68. The Morgan fingerprint density at radius 1 is 1.23 bits per heavy atom. The van der Waals surface area contributed by atoms with E-state index in [1.165, 1.54) is 6.42 Å². The molecule has 2 unspecified atom stereocenters. The number of nitrogens with one attached hydrogen (secondary N) is 2. The van der Waals surface area contributed by atoms with E-state index >= 15 is 0 Å². The SMILES string of the molecule is CC1CCCC(NC(=O)C(=O)NCc2cnc(N3CCOCC3)s2)CC1. The summed E-state index contributed by atoms with van der Waals surface area (Å²) in [6.07, 6.45) is 7.10. The number of ether oxygens (including phenoxy) is 1. The van der Waals surface area contributed by atoms with Crippen molar-refractivity contribution in [3.05, 3.63) is 11.1 Å². The highest BCUT2D eigenvalue weighted by Gasteiger charge is 2.21. The van der Waals surface area contributed by atoms with Crippen LogP contribution >= 0.6 is 11.3 Å². The fourth-order valence-corrected chi connectivity index (χ4v) is 4.31. The summed E-state index contributed by atoms with van der Waals surface area (Å²) in [6.45, 7) is 5.67. The lowest BCUT2D eigenvalue weighted by Gasteiger charge is -2.25. The topological polar surface area (TPSA) is 83.6 Å². The fraction of sp³-hybridized carbons (Fsp3) is 0.722. The second kappa shape index (κ2) is 9.32. The molecule has 0 spiro atoms. The van der Waals surface area contributed by atoms with Gasteiger partial charge in [-0.1, -0.05) is 19.8 Å².